The lowest BCUT2D eigenvalue weighted by Crippen LogP contribution is -2.41. The first-order valence-electron chi connectivity index (χ1n) is 10.1. The molecule has 0 aliphatic rings. The molecule has 0 aliphatic heterocycles. The minimum absolute atomic E-state index is 0.000686. The second-order valence-corrected chi connectivity index (χ2v) is 10.2. The van der Waals surface area contributed by atoms with Crippen LogP contribution in [0.5, 0.6) is 0 Å². The predicted octanol–water partition coefficient (Wildman–Crippen LogP) is 6.66. The molecule has 2 unspecified atom stereocenters. The highest BCUT2D eigenvalue weighted by atomic mass is 35.5. The fraction of sp³-hybridized carbons (Fsp3) is 0.565. The normalized spacial score (nSPS) is 13.9. The molecule has 2 atom stereocenters. The molecule has 0 radical (unpaired) electrons. The van der Waals surface area contributed by atoms with E-state index in [0.29, 0.717) is 29.9 Å². The number of carbonyl (C=O) groups excluding carboxylic acids is 2. The van der Waals surface area contributed by atoms with Gasteiger partial charge in [0.1, 0.15) is 5.82 Å². The summed E-state index contributed by atoms with van der Waals surface area (Å²) in [5, 5.41) is -0.192. The van der Waals surface area contributed by atoms with Crippen molar-refractivity contribution < 1.29 is 14.0 Å². The third kappa shape index (κ3) is 9.81. The molecule has 0 bridgehead atoms. The number of hydrogen-bond acceptors (Lipinski definition) is 3. The Balaban J connectivity index is 3.10. The Hall–Kier alpha value is -1.33. The molecule has 1 aromatic carbocycles. The second-order valence-electron chi connectivity index (χ2n) is 8.43. The fourth-order valence-corrected chi connectivity index (χ4v) is 4.65. The van der Waals surface area contributed by atoms with Crippen molar-refractivity contribution in [2.24, 2.45) is 17.8 Å². The topological polar surface area (TPSA) is 37.4 Å². The number of benzene rings is 1. The molecule has 0 heterocycles. The monoisotopic (exact) mass is 441 g/mol. The van der Waals surface area contributed by atoms with Gasteiger partial charge >= 0.3 is 0 Å². The zero-order valence-electron chi connectivity index (χ0n) is 18.2. The van der Waals surface area contributed by atoms with Crippen molar-refractivity contribution in [2.75, 3.05) is 6.54 Å². The molecule has 1 amide bonds. The third-order valence-electron chi connectivity index (χ3n) is 4.35. The first-order chi connectivity index (χ1) is 13.5. The average Bonchev–Trinajstić information content (AvgIpc) is 2.58. The Kier molecular flexibility index (Phi) is 11.0. The fourth-order valence-electron chi connectivity index (χ4n) is 3.28. The minimum atomic E-state index is -0.492. The van der Waals surface area contributed by atoms with Crippen molar-refractivity contribution in [3.63, 3.8) is 0 Å². The largest absolute Gasteiger partial charge is 0.326 e. The first-order valence-corrected chi connectivity index (χ1v) is 11.4. The number of halogens is 2. The van der Waals surface area contributed by atoms with Crippen LogP contribution in [-0.2, 0) is 9.59 Å². The first kappa shape index (κ1) is 25.7. The molecule has 6 heteroatoms. The average molecular weight is 442 g/mol. The summed E-state index contributed by atoms with van der Waals surface area (Å²) in [5.74, 6) is 0.551. The summed E-state index contributed by atoms with van der Waals surface area (Å²) < 4.78 is 13.4. The number of hydrogen-bond donors (Lipinski definition) is 0. The Morgan fingerprint density at radius 2 is 1.76 bits per heavy atom. The Bertz CT molecular complexity index is 721. The summed E-state index contributed by atoms with van der Waals surface area (Å²) in [6, 6.07) is 4.34. The van der Waals surface area contributed by atoms with E-state index in [2.05, 4.69) is 34.6 Å². The van der Waals surface area contributed by atoms with Gasteiger partial charge in [0, 0.05) is 19.5 Å². The zero-order chi connectivity index (χ0) is 22.1. The van der Waals surface area contributed by atoms with Gasteiger partial charge in [0.05, 0.1) is 10.4 Å². The quantitative estimate of drug-likeness (QED) is 0.301. The van der Waals surface area contributed by atoms with Gasteiger partial charge in [-0.15, -0.1) is 0 Å². The molecular weight excluding hydrogens is 409 g/mol. The van der Waals surface area contributed by atoms with Crippen LogP contribution in [0.2, 0.25) is 5.02 Å². The summed E-state index contributed by atoms with van der Waals surface area (Å²) in [4.78, 5) is 26.7. The smallest absolute Gasteiger partial charge is 0.247 e. The zero-order valence-corrected chi connectivity index (χ0v) is 19.8. The Morgan fingerprint density at radius 1 is 1.14 bits per heavy atom. The predicted molar refractivity (Wildman–Crippen MR) is 122 cm³/mol. The molecule has 1 rings (SSSR count). The van der Waals surface area contributed by atoms with Crippen LogP contribution in [0.25, 0.3) is 6.08 Å². The van der Waals surface area contributed by atoms with Crippen LogP contribution < -0.4 is 0 Å². The molecule has 0 saturated heterocycles. The van der Waals surface area contributed by atoms with Crippen molar-refractivity contribution in [1.82, 2.24) is 4.90 Å². The molecule has 0 N–H and O–H groups in total. The van der Waals surface area contributed by atoms with E-state index in [-0.39, 0.29) is 21.4 Å². The van der Waals surface area contributed by atoms with Crippen molar-refractivity contribution in [1.29, 1.82) is 0 Å². The summed E-state index contributed by atoms with van der Waals surface area (Å²) in [6.07, 6.45) is 4.86. The Morgan fingerprint density at radius 3 is 2.28 bits per heavy atom. The van der Waals surface area contributed by atoms with Crippen LogP contribution in [0.1, 0.15) is 59.9 Å². The SMILES string of the molecule is CC(=O)SC(CC(C)C)N(CC(C)CC(C)C)C(=O)C=Cc1ccc(F)c(Cl)c1. The van der Waals surface area contributed by atoms with Crippen LogP contribution in [0, 0.1) is 23.6 Å². The van der Waals surface area contributed by atoms with E-state index in [4.69, 9.17) is 11.6 Å². The molecule has 0 spiro atoms. The van der Waals surface area contributed by atoms with Crippen LogP contribution in [0.3, 0.4) is 0 Å². The van der Waals surface area contributed by atoms with Gasteiger partial charge in [0.25, 0.3) is 0 Å². The maximum Gasteiger partial charge on any atom is 0.247 e. The molecule has 1 aromatic rings. The van der Waals surface area contributed by atoms with Gasteiger partial charge in [-0.1, -0.05) is 64.0 Å². The molecule has 0 saturated carbocycles. The lowest BCUT2D eigenvalue weighted by molar-refractivity contribution is -0.127. The van der Waals surface area contributed by atoms with Crippen LogP contribution >= 0.6 is 23.4 Å². The van der Waals surface area contributed by atoms with Crippen LogP contribution in [0.4, 0.5) is 4.39 Å². The van der Waals surface area contributed by atoms with Gasteiger partial charge in [-0.05, 0) is 54.4 Å². The molecule has 29 heavy (non-hydrogen) atoms. The van der Waals surface area contributed by atoms with Crippen LogP contribution in [0.15, 0.2) is 24.3 Å². The lowest BCUT2D eigenvalue weighted by Gasteiger charge is -2.33. The van der Waals surface area contributed by atoms with E-state index in [1.165, 1.54) is 36.9 Å². The van der Waals surface area contributed by atoms with Crippen molar-refractivity contribution in [3.8, 4) is 0 Å². The van der Waals surface area contributed by atoms with Crippen molar-refractivity contribution >= 4 is 40.5 Å². The van der Waals surface area contributed by atoms with Gasteiger partial charge in [-0.3, -0.25) is 9.59 Å². The van der Waals surface area contributed by atoms with E-state index in [0.717, 1.165) is 12.8 Å². The van der Waals surface area contributed by atoms with E-state index >= 15 is 0 Å². The van der Waals surface area contributed by atoms with Gasteiger partial charge in [-0.25, -0.2) is 4.39 Å². The van der Waals surface area contributed by atoms with Gasteiger partial charge in [0.2, 0.25) is 5.91 Å². The van der Waals surface area contributed by atoms with E-state index < -0.39 is 5.82 Å². The number of carbonyl (C=O) groups is 2. The maximum absolute atomic E-state index is 13.4. The number of thioether (sulfide) groups is 1. The van der Waals surface area contributed by atoms with E-state index in [1.807, 2.05) is 0 Å². The maximum atomic E-state index is 13.4. The molecule has 3 nitrogen and oxygen atoms in total. The highest BCUT2D eigenvalue weighted by molar-refractivity contribution is 8.14. The minimum Gasteiger partial charge on any atom is -0.326 e. The van der Waals surface area contributed by atoms with Crippen molar-refractivity contribution in [2.45, 2.75) is 59.8 Å². The molecule has 0 aliphatic carbocycles. The summed E-state index contributed by atoms with van der Waals surface area (Å²) in [6.45, 7) is 12.8. The van der Waals surface area contributed by atoms with E-state index in [1.54, 1.807) is 17.0 Å². The summed E-state index contributed by atoms with van der Waals surface area (Å²) in [7, 11) is 0. The van der Waals surface area contributed by atoms with Gasteiger partial charge < -0.3 is 4.90 Å². The van der Waals surface area contributed by atoms with Gasteiger partial charge in [-0.2, -0.15) is 0 Å². The number of rotatable bonds is 10. The van der Waals surface area contributed by atoms with Crippen LogP contribution in [-0.4, -0.2) is 27.8 Å². The third-order valence-corrected chi connectivity index (χ3v) is 5.69. The number of nitrogens with zero attached hydrogens (tertiary/aromatic N) is 1. The molecular formula is C23H33ClFNO2S. The summed E-state index contributed by atoms with van der Waals surface area (Å²) in [5.41, 5.74) is 0.652. The number of amides is 1. The Labute approximate surface area is 184 Å². The second kappa shape index (κ2) is 12.4. The standard InChI is InChI=1S/C23H33ClFNO2S/c1-15(2)11-17(5)14-26(23(12-16(3)4)29-18(6)27)22(28)10-8-19-7-9-21(25)20(24)13-19/h7-10,13,15-17,23H,11-12,14H2,1-6H3. The van der Waals surface area contributed by atoms with E-state index in [9.17, 15) is 14.0 Å². The molecule has 0 aromatic heterocycles. The molecule has 0 fully saturated rings. The lowest BCUT2D eigenvalue weighted by atomic mass is 9.98. The van der Waals surface area contributed by atoms with Crippen molar-refractivity contribution in [3.05, 3.63) is 40.7 Å². The van der Waals surface area contributed by atoms with Gasteiger partial charge in [0.15, 0.2) is 5.12 Å². The highest BCUT2D eigenvalue weighted by Crippen LogP contribution is 2.27. The highest BCUT2D eigenvalue weighted by Gasteiger charge is 2.27. The summed E-state index contributed by atoms with van der Waals surface area (Å²) >= 11 is 7.04. The molecule has 162 valence electrons.